The molecule has 3 amide bonds. The number of hydrogen-bond donors (Lipinski definition) is 5. The van der Waals surface area contributed by atoms with Crippen molar-refractivity contribution in [2.45, 2.75) is 39.2 Å². The lowest BCUT2D eigenvalue weighted by molar-refractivity contribution is -0.139. The molecule has 2 aliphatic heterocycles. The molecule has 2 aliphatic rings. The first-order chi connectivity index (χ1) is 20.6. The van der Waals surface area contributed by atoms with Gasteiger partial charge in [0, 0.05) is 37.6 Å². The van der Waals surface area contributed by atoms with Crippen molar-refractivity contribution >= 4 is 23.4 Å². The van der Waals surface area contributed by atoms with E-state index in [0.717, 1.165) is 32.7 Å². The number of halogens is 1. The van der Waals surface area contributed by atoms with Gasteiger partial charge in [-0.2, -0.15) is 0 Å². The first-order valence-corrected chi connectivity index (χ1v) is 13.9. The van der Waals surface area contributed by atoms with Crippen molar-refractivity contribution in [3.05, 3.63) is 82.8 Å². The van der Waals surface area contributed by atoms with E-state index in [-0.39, 0.29) is 24.1 Å². The van der Waals surface area contributed by atoms with Crippen molar-refractivity contribution in [1.82, 2.24) is 20.9 Å². The maximum Gasteiger partial charge on any atom is 0.264 e. The van der Waals surface area contributed by atoms with Crippen LogP contribution in [0, 0.1) is 19.7 Å². The molecule has 10 nitrogen and oxygen atoms in total. The zero-order valence-corrected chi connectivity index (χ0v) is 24.4. The molecule has 0 aromatic heterocycles. The Bertz CT molecular complexity index is 1640. The fourth-order valence-corrected chi connectivity index (χ4v) is 5.42. The SMILES string of the molecule is COc1cc(-c2cccc(-c3cccc(NC(=O)C4=CNC(O)N(C)C4=O)c3C)c2C)cc(F)c1CN[C@@H]1CCNC1=O. The van der Waals surface area contributed by atoms with Crippen LogP contribution in [0.15, 0.2) is 60.3 Å². The van der Waals surface area contributed by atoms with E-state index in [9.17, 15) is 19.5 Å². The van der Waals surface area contributed by atoms with Gasteiger partial charge in [-0.05, 0) is 71.8 Å². The first-order valence-electron chi connectivity index (χ1n) is 13.9. The molecule has 2 heterocycles. The second kappa shape index (κ2) is 12.2. The van der Waals surface area contributed by atoms with Gasteiger partial charge in [0.05, 0.1) is 13.2 Å². The van der Waals surface area contributed by atoms with Crippen LogP contribution in [-0.4, -0.2) is 60.8 Å². The van der Waals surface area contributed by atoms with E-state index >= 15 is 4.39 Å². The number of rotatable bonds is 8. The maximum atomic E-state index is 15.5. The monoisotopic (exact) mass is 587 g/mol. The van der Waals surface area contributed by atoms with Gasteiger partial charge in [0.2, 0.25) is 12.3 Å². The van der Waals surface area contributed by atoms with Crippen LogP contribution < -0.4 is 26.0 Å². The van der Waals surface area contributed by atoms with Crippen molar-refractivity contribution in [2.75, 3.05) is 26.0 Å². The van der Waals surface area contributed by atoms with Crippen molar-refractivity contribution in [3.63, 3.8) is 0 Å². The van der Waals surface area contributed by atoms with Crippen LogP contribution in [0.2, 0.25) is 0 Å². The first kappa shape index (κ1) is 29.7. The highest BCUT2D eigenvalue weighted by molar-refractivity contribution is 6.23. The van der Waals surface area contributed by atoms with Gasteiger partial charge in [-0.15, -0.1) is 0 Å². The smallest absolute Gasteiger partial charge is 0.264 e. The molecule has 5 rings (SSSR count). The van der Waals surface area contributed by atoms with Crippen LogP contribution in [-0.2, 0) is 20.9 Å². The molecule has 43 heavy (non-hydrogen) atoms. The van der Waals surface area contributed by atoms with Gasteiger partial charge in [0.25, 0.3) is 11.8 Å². The minimum absolute atomic E-state index is 0.0913. The third-order valence-corrected chi connectivity index (χ3v) is 8.00. The number of nitrogens with zero attached hydrogens (tertiary/aromatic N) is 1. The predicted molar refractivity (Wildman–Crippen MR) is 160 cm³/mol. The number of likely N-dealkylation sites (N-methyl/N-ethyl adjacent to an activating group) is 1. The lowest BCUT2D eigenvalue weighted by atomic mass is 9.90. The normalized spacial score (nSPS) is 18.2. The van der Waals surface area contributed by atoms with Gasteiger partial charge in [-0.25, -0.2) is 4.39 Å². The third kappa shape index (κ3) is 5.81. The van der Waals surface area contributed by atoms with Crippen molar-refractivity contribution in [3.8, 4) is 28.0 Å². The third-order valence-electron chi connectivity index (χ3n) is 8.00. The Labute approximate surface area is 248 Å². The zero-order valence-electron chi connectivity index (χ0n) is 24.4. The van der Waals surface area contributed by atoms with E-state index in [2.05, 4.69) is 21.3 Å². The molecule has 224 valence electrons. The van der Waals surface area contributed by atoms with E-state index in [1.807, 2.05) is 44.2 Å². The molecular formula is C32H34FN5O5. The fourth-order valence-electron chi connectivity index (χ4n) is 5.42. The highest BCUT2D eigenvalue weighted by Crippen LogP contribution is 2.37. The van der Waals surface area contributed by atoms with Gasteiger partial charge < -0.3 is 31.1 Å². The molecule has 1 unspecified atom stereocenters. The summed E-state index contributed by atoms with van der Waals surface area (Å²) in [5.41, 5.74) is 5.62. The number of hydrogen-bond acceptors (Lipinski definition) is 7. The van der Waals surface area contributed by atoms with Crippen molar-refractivity contribution in [1.29, 1.82) is 0 Å². The number of aliphatic hydroxyl groups is 1. The molecule has 0 aliphatic carbocycles. The number of nitrogens with one attached hydrogen (secondary N) is 4. The lowest BCUT2D eigenvalue weighted by Gasteiger charge is -2.28. The Kier molecular flexibility index (Phi) is 8.47. The molecule has 0 radical (unpaired) electrons. The van der Waals surface area contributed by atoms with Gasteiger partial charge in [0.15, 0.2) is 0 Å². The Balaban J connectivity index is 1.43. The summed E-state index contributed by atoms with van der Waals surface area (Å²) >= 11 is 0. The second-order valence-corrected chi connectivity index (χ2v) is 10.6. The predicted octanol–water partition coefficient (Wildman–Crippen LogP) is 2.92. The summed E-state index contributed by atoms with van der Waals surface area (Å²) in [5, 5.41) is 21.1. The van der Waals surface area contributed by atoms with Crippen LogP contribution in [0.4, 0.5) is 10.1 Å². The van der Waals surface area contributed by atoms with E-state index in [0.29, 0.717) is 35.5 Å². The average molecular weight is 588 g/mol. The Hall–Kier alpha value is -4.74. The van der Waals surface area contributed by atoms with E-state index < -0.39 is 24.0 Å². The molecule has 1 fully saturated rings. The minimum atomic E-state index is -1.20. The largest absolute Gasteiger partial charge is 0.496 e. The van der Waals surface area contributed by atoms with Gasteiger partial charge >= 0.3 is 0 Å². The number of amides is 3. The Morgan fingerprint density at radius 2 is 1.79 bits per heavy atom. The quantitative estimate of drug-likeness (QED) is 0.256. The summed E-state index contributed by atoms with van der Waals surface area (Å²) in [7, 11) is 2.88. The summed E-state index contributed by atoms with van der Waals surface area (Å²) < 4.78 is 21.0. The minimum Gasteiger partial charge on any atom is -0.496 e. The second-order valence-electron chi connectivity index (χ2n) is 10.6. The molecule has 11 heteroatoms. The molecular weight excluding hydrogens is 553 g/mol. The summed E-state index contributed by atoms with van der Waals surface area (Å²) in [5.74, 6) is -1.36. The van der Waals surface area contributed by atoms with Gasteiger partial charge in [0.1, 0.15) is 17.1 Å². The average Bonchev–Trinajstić information content (AvgIpc) is 3.40. The fraction of sp³-hybridized carbons (Fsp3) is 0.281. The molecule has 0 spiro atoms. The summed E-state index contributed by atoms with van der Waals surface area (Å²) in [6, 6.07) is 14.1. The standard InChI is InChI=1S/C32H34FN5O5/c1-17-20(19-13-25(33)23(28(14-19)43-4)15-35-27-11-12-34-30(27)40)7-5-8-21(17)22-9-6-10-26(18(22)2)37-29(39)24-16-36-32(42)38(3)31(24)41/h5-10,13-14,16,27,32,35-36,42H,11-12,15H2,1-4H3,(H,34,40)(H,37,39)/t27-,32?/m1/s1. The molecule has 0 saturated carbocycles. The molecule has 0 bridgehead atoms. The van der Waals surface area contributed by atoms with Crippen LogP contribution in [0.1, 0.15) is 23.1 Å². The topological polar surface area (TPSA) is 132 Å². The molecule has 2 atom stereocenters. The molecule has 1 saturated heterocycles. The Morgan fingerprint density at radius 1 is 1.09 bits per heavy atom. The number of anilines is 1. The number of aliphatic hydroxyl groups excluding tert-OH is 1. The number of carbonyl (C=O) groups excluding carboxylic acids is 3. The molecule has 3 aromatic carbocycles. The number of benzene rings is 3. The highest BCUT2D eigenvalue weighted by atomic mass is 19.1. The van der Waals surface area contributed by atoms with E-state index in [1.54, 1.807) is 12.1 Å². The Morgan fingerprint density at radius 3 is 2.49 bits per heavy atom. The number of carbonyl (C=O) groups is 3. The van der Waals surface area contributed by atoms with Crippen LogP contribution in [0.3, 0.4) is 0 Å². The van der Waals surface area contributed by atoms with E-state index in [4.69, 9.17) is 4.74 Å². The molecule has 3 aromatic rings. The highest BCUT2D eigenvalue weighted by Gasteiger charge is 2.30. The van der Waals surface area contributed by atoms with E-state index in [1.165, 1.54) is 26.4 Å². The molecule has 5 N–H and O–H groups in total. The summed E-state index contributed by atoms with van der Waals surface area (Å²) in [6.45, 7) is 4.57. The number of ether oxygens (including phenoxy) is 1. The van der Waals surface area contributed by atoms with Crippen LogP contribution >= 0.6 is 0 Å². The lowest BCUT2D eigenvalue weighted by Crippen LogP contribution is -2.50. The van der Waals surface area contributed by atoms with Crippen molar-refractivity contribution in [2.24, 2.45) is 0 Å². The summed E-state index contributed by atoms with van der Waals surface area (Å²) in [6.07, 6.45) is 0.645. The zero-order chi connectivity index (χ0) is 30.8. The van der Waals surface area contributed by atoms with Crippen LogP contribution in [0.5, 0.6) is 5.75 Å². The van der Waals surface area contributed by atoms with Crippen LogP contribution in [0.25, 0.3) is 22.3 Å². The summed E-state index contributed by atoms with van der Waals surface area (Å²) in [4.78, 5) is 38.4. The van der Waals surface area contributed by atoms with Gasteiger partial charge in [-0.1, -0.05) is 30.3 Å². The van der Waals surface area contributed by atoms with Crippen molar-refractivity contribution < 1.29 is 28.6 Å². The number of methoxy groups -OCH3 is 1. The van der Waals surface area contributed by atoms with Gasteiger partial charge in [-0.3, -0.25) is 19.3 Å². The maximum absolute atomic E-state index is 15.5.